The fourth-order valence-corrected chi connectivity index (χ4v) is 5.92. The van der Waals surface area contributed by atoms with Gasteiger partial charge in [-0.25, -0.2) is 0 Å². The normalized spacial score (nSPS) is 11.2. The van der Waals surface area contributed by atoms with Crippen LogP contribution in [0.15, 0.2) is 121 Å². The van der Waals surface area contributed by atoms with Crippen LogP contribution < -0.4 is 9.47 Å². The third-order valence-corrected chi connectivity index (χ3v) is 8.09. The number of hydrogen-bond acceptors (Lipinski definition) is 5. The summed E-state index contributed by atoms with van der Waals surface area (Å²) in [5.74, 6) is -0.705. The maximum absolute atomic E-state index is 14.1. The van der Waals surface area contributed by atoms with Crippen molar-refractivity contribution in [1.29, 1.82) is 0 Å². The van der Waals surface area contributed by atoms with Gasteiger partial charge in [-0.2, -0.15) is 0 Å². The molecule has 214 valence electrons. The molecule has 0 fully saturated rings. The Morgan fingerprint density at radius 3 is 1.93 bits per heavy atom. The second kappa shape index (κ2) is 10.7. The summed E-state index contributed by atoms with van der Waals surface area (Å²) < 4.78 is 12.9. The van der Waals surface area contributed by atoms with Crippen molar-refractivity contribution < 1.29 is 24.2 Å². The Bertz CT molecular complexity index is 2250. The maximum Gasteiger partial charge on any atom is 0.238 e. The largest absolute Gasteiger partial charge is 0.505 e. The van der Waals surface area contributed by atoms with Gasteiger partial charge in [0.2, 0.25) is 11.6 Å². The second-order valence-corrected chi connectivity index (χ2v) is 10.5. The third-order valence-electron chi connectivity index (χ3n) is 8.09. The summed E-state index contributed by atoms with van der Waals surface area (Å²) >= 11 is 0. The highest BCUT2D eigenvalue weighted by Crippen LogP contribution is 2.46. The minimum Gasteiger partial charge on any atom is -0.505 e. The number of aromatic hydroxyl groups is 1. The molecular weight excluding hydrogens is 550 g/mol. The number of nitrogens with zero attached hydrogens (tertiary/aromatic N) is 1. The van der Waals surface area contributed by atoms with E-state index in [1.807, 2.05) is 102 Å². The molecular formula is C38H27NO5. The van der Waals surface area contributed by atoms with E-state index in [0.29, 0.717) is 17.0 Å². The van der Waals surface area contributed by atoms with Crippen molar-refractivity contribution >= 4 is 44.0 Å². The van der Waals surface area contributed by atoms with Crippen LogP contribution in [0.2, 0.25) is 0 Å². The van der Waals surface area contributed by atoms with Crippen LogP contribution in [-0.4, -0.2) is 35.5 Å². The summed E-state index contributed by atoms with van der Waals surface area (Å²) in [4.78, 5) is 27.9. The predicted octanol–water partition coefficient (Wildman–Crippen LogP) is 8.39. The Labute approximate surface area is 253 Å². The zero-order valence-electron chi connectivity index (χ0n) is 24.1. The zero-order chi connectivity index (χ0) is 30.4. The van der Waals surface area contributed by atoms with Gasteiger partial charge in [0.25, 0.3) is 0 Å². The number of carbonyl (C=O) groups is 2. The number of carbonyl (C=O) groups excluding carboxylic acids is 2. The molecule has 0 amide bonds. The molecule has 7 rings (SSSR count). The van der Waals surface area contributed by atoms with Gasteiger partial charge in [0.1, 0.15) is 17.2 Å². The lowest BCUT2D eigenvalue weighted by Crippen LogP contribution is -2.16. The van der Waals surface area contributed by atoms with Crippen LogP contribution in [0.3, 0.4) is 0 Å². The van der Waals surface area contributed by atoms with Crippen LogP contribution in [0.4, 0.5) is 0 Å². The average molecular weight is 578 g/mol. The molecule has 0 unspecified atom stereocenters. The van der Waals surface area contributed by atoms with E-state index in [1.54, 1.807) is 31.4 Å². The first-order chi connectivity index (χ1) is 21.5. The summed E-state index contributed by atoms with van der Waals surface area (Å²) in [6.45, 7) is 0. The summed E-state index contributed by atoms with van der Waals surface area (Å²) in [6, 6.07) is 37.6. The van der Waals surface area contributed by atoms with Crippen LogP contribution >= 0.6 is 0 Å². The summed E-state index contributed by atoms with van der Waals surface area (Å²) in [6.07, 6.45) is 0. The molecule has 1 heterocycles. The van der Waals surface area contributed by atoms with E-state index in [9.17, 15) is 14.7 Å². The molecule has 1 aromatic heterocycles. The van der Waals surface area contributed by atoms with Crippen molar-refractivity contribution in [3.8, 4) is 34.2 Å². The van der Waals surface area contributed by atoms with Gasteiger partial charge in [-0.05, 0) is 70.1 Å². The van der Waals surface area contributed by atoms with Crippen LogP contribution in [0.5, 0.6) is 17.2 Å². The van der Waals surface area contributed by atoms with Crippen molar-refractivity contribution in [1.82, 2.24) is 4.57 Å². The number of rotatable bonds is 7. The Balaban J connectivity index is 1.49. The van der Waals surface area contributed by atoms with E-state index < -0.39 is 11.6 Å². The highest BCUT2D eigenvalue weighted by molar-refractivity contribution is 6.52. The lowest BCUT2D eigenvalue weighted by molar-refractivity contribution is 0.0816. The first-order valence-electron chi connectivity index (χ1n) is 14.1. The number of Topliss-reactive ketones (excluding diaryl/α,β-unsaturated/α-hetero) is 2. The lowest BCUT2D eigenvalue weighted by Gasteiger charge is -2.13. The molecule has 7 aromatic rings. The molecule has 0 spiro atoms. The van der Waals surface area contributed by atoms with Gasteiger partial charge in [-0.3, -0.25) is 9.59 Å². The smallest absolute Gasteiger partial charge is 0.238 e. The Morgan fingerprint density at radius 1 is 0.636 bits per heavy atom. The Kier molecular flexibility index (Phi) is 6.59. The fraction of sp³-hybridized carbons (Fsp3) is 0.0526. The molecule has 0 aliphatic carbocycles. The SMILES string of the molecule is COc1ccc(-n2c(-c3ccc4ccccc4c3)c(O)c3c(C(=O)C(=O)c4ccc5ccccc5c4)c(OC)ccc32)cc1. The van der Waals surface area contributed by atoms with Gasteiger partial charge in [0.15, 0.2) is 0 Å². The van der Waals surface area contributed by atoms with Gasteiger partial charge in [0, 0.05) is 16.8 Å². The van der Waals surface area contributed by atoms with Crippen molar-refractivity contribution in [3.05, 3.63) is 132 Å². The Hall–Kier alpha value is -5.88. The monoisotopic (exact) mass is 577 g/mol. The lowest BCUT2D eigenvalue weighted by atomic mass is 9.95. The van der Waals surface area contributed by atoms with E-state index in [-0.39, 0.29) is 28.0 Å². The molecule has 0 saturated heterocycles. The number of hydrogen-bond donors (Lipinski definition) is 1. The first-order valence-corrected chi connectivity index (χ1v) is 14.1. The van der Waals surface area contributed by atoms with Crippen molar-refractivity contribution in [2.45, 2.75) is 0 Å². The van der Waals surface area contributed by atoms with Crippen molar-refractivity contribution in [2.75, 3.05) is 14.2 Å². The fourth-order valence-electron chi connectivity index (χ4n) is 5.92. The number of ketones is 2. The predicted molar refractivity (Wildman–Crippen MR) is 174 cm³/mol. The standard InChI is InChI=1S/C38H27NO5/c1-43-30-17-15-29(16-18-30)39-31-19-20-32(44-2)34(38(42)36(40)28-14-12-24-8-4-6-10-26(24)22-28)33(31)37(41)35(39)27-13-11-23-7-3-5-9-25(23)21-27/h3-22,41H,1-2H3. The summed E-state index contributed by atoms with van der Waals surface area (Å²) in [5, 5.41) is 16.1. The summed E-state index contributed by atoms with van der Waals surface area (Å²) in [7, 11) is 3.04. The number of fused-ring (bicyclic) bond motifs is 3. The molecule has 0 radical (unpaired) electrons. The maximum atomic E-state index is 14.1. The topological polar surface area (TPSA) is 77.8 Å². The third kappa shape index (κ3) is 4.36. The number of aromatic nitrogens is 1. The molecule has 0 aliphatic rings. The van der Waals surface area contributed by atoms with Gasteiger partial charge < -0.3 is 19.1 Å². The summed E-state index contributed by atoms with van der Waals surface area (Å²) in [5.41, 5.74) is 2.78. The molecule has 6 heteroatoms. The van der Waals surface area contributed by atoms with Gasteiger partial charge >= 0.3 is 0 Å². The van der Waals surface area contributed by atoms with Crippen LogP contribution in [0.1, 0.15) is 20.7 Å². The molecule has 6 nitrogen and oxygen atoms in total. The quantitative estimate of drug-likeness (QED) is 0.152. The van der Waals surface area contributed by atoms with Gasteiger partial charge in [-0.1, -0.05) is 72.8 Å². The van der Waals surface area contributed by atoms with Crippen LogP contribution in [0.25, 0.3) is 49.4 Å². The molecule has 6 aromatic carbocycles. The number of ether oxygens (including phenoxy) is 2. The molecule has 0 saturated carbocycles. The molecule has 0 atom stereocenters. The minimum atomic E-state index is -0.769. The average Bonchev–Trinajstić information content (AvgIpc) is 3.38. The van der Waals surface area contributed by atoms with E-state index in [2.05, 4.69) is 0 Å². The first kappa shape index (κ1) is 27.0. The Morgan fingerprint density at radius 2 is 1.27 bits per heavy atom. The van der Waals surface area contributed by atoms with Crippen molar-refractivity contribution in [3.63, 3.8) is 0 Å². The van der Waals surface area contributed by atoms with Gasteiger partial charge in [-0.15, -0.1) is 0 Å². The minimum absolute atomic E-state index is 0.00922. The second-order valence-electron chi connectivity index (χ2n) is 10.5. The van der Waals surface area contributed by atoms with Crippen LogP contribution in [-0.2, 0) is 0 Å². The number of methoxy groups -OCH3 is 2. The van der Waals surface area contributed by atoms with Crippen molar-refractivity contribution in [2.24, 2.45) is 0 Å². The van der Waals surface area contributed by atoms with E-state index >= 15 is 0 Å². The molecule has 0 aliphatic heterocycles. The zero-order valence-corrected chi connectivity index (χ0v) is 24.1. The highest BCUT2D eigenvalue weighted by atomic mass is 16.5. The molecule has 1 N–H and O–H groups in total. The molecule has 44 heavy (non-hydrogen) atoms. The number of benzene rings is 6. The van der Waals surface area contributed by atoms with Crippen LogP contribution in [0, 0.1) is 0 Å². The van der Waals surface area contributed by atoms with E-state index in [0.717, 1.165) is 32.8 Å². The molecule has 0 bridgehead atoms. The van der Waals surface area contributed by atoms with E-state index in [1.165, 1.54) is 7.11 Å². The van der Waals surface area contributed by atoms with Gasteiger partial charge in [0.05, 0.1) is 36.4 Å². The van der Waals surface area contributed by atoms with E-state index in [4.69, 9.17) is 9.47 Å². The highest BCUT2D eigenvalue weighted by Gasteiger charge is 2.30.